The highest BCUT2D eigenvalue weighted by atomic mass is 16.3. The lowest BCUT2D eigenvalue weighted by Crippen LogP contribution is -2.25. The largest absolute Gasteiger partial charge is 0.396 e. The Balaban J connectivity index is 2.77. The summed E-state index contributed by atoms with van der Waals surface area (Å²) in [7, 11) is 1.96. The van der Waals surface area contributed by atoms with Crippen LogP contribution in [0.25, 0.3) is 0 Å². The van der Waals surface area contributed by atoms with E-state index in [-0.39, 0.29) is 18.3 Å². The van der Waals surface area contributed by atoms with E-state index in [2.05, 4.69) is 6.58 Å². The third-order valence-corrected chi connectivity index (χ3v) is 2.89. The standard InChI is InChI=1S/C8H15BO2/c1-5-6(4-10)3-8(2,11)7(5)9/h6-7,10-11H,1,3-4,9H2,2H3/t6-,7+,8+/m0/s1. The van der Waals surface area contributed by atoms with Crippen molar-refractivity contribution >= 4 is 7.85 Å². The third-order valence-electron chi connectivity index (χ3n) is 2.89. The van der Waals surface area contributed by atoms with Crippen LogP contribution in [0.5, 0.6) is 0 Å². The van der Waals surface area contributed by atoms with Crippen LogP contribution in [0.1, 0.15) is 13.3 Å². The molecule has 0 saturated heterocycles. The zero-order valence-corrected chi connectivity index (χ0v) is 7.17. The van der Waals surface area contributed by atoms with Crippen molar-refractivity contribution in [3.8, 4) is 0 Å². The van der Waals surface area contributed by atoms with E-state index in [9.17, 15) is 5.11 Å². The number of rotatable bonds is 1. The normalized spacial score (nSPS) is 44.8. The van der Waals surface area contributed by atoms with Gasteiger partial charge in [-0.2, -0.15) is 0 Å². The van der Waals surface area contributed by atoms with Crippen molar-refractivity contribution in [1.82, 2.24) is 0 Å². The molecule has 0 heterocycles. The van der Waals surface area contributed by atoms with Gasteiger partial charge in [0.15, 0.2) is 0 Å². The molecule has 62 valence electrons. The highest BCUT2D eigenvalue weighted by molar-refractivity contribution is 6.14. The summed E-state index contributed by atoms with van der Waals surface area (Å²) in [4.78, 5) is 0. The van der Waals surface area contributed by atoms with Crippen LogP contribution >= 0.6 is 0 Å². The monoisotopic (exact) mass is 154 g/mol. The minimum Gasteiger partial charge on any atom is -0.396 e. The first-order valence-corrected chi connectivity index (χ1v) is 4.01. The van der Waals surface area contributed by atoms with Gasteiger partial charge in [-0.1, -0.05) is 12.2 Å². The maximum atomic E-state index is 9.76. The molecule has 1 rings (SSSR count). The van der Waals surface area contributed by atoms with E-state index in [4.69, 9.17) is 5.11 Å². The molecule has 1 saturated carbocycles. The minimum atomic E-state index is -0.662. The van der Waals surface area contributed by atoms with E-state index in [1.807, 2.05) is 7.85 Å². The van der Waals surface area contributed by atoms with Gasteiger partial charge in [-0.15, -0.1) is 0 Å². The van der Waals surface area contributed by atoms with Crippen LogP contribution in [0, 0.1) is 5.92 Å². The molecule has 0 bridgehead atoms. The molecule has 0 amide bonds. The van der Waals surface area contributed by atoms with Crippen LogP contribution in [0.3, 0.4) is 0 Å². The molecule has 0 unspecified atom stereocenters. The lowest BCUT2D eigenvalue weighted by atomic mass is 9.75. The fourth-order valence-corrected chi connectivity index (χ4v) is 1.74. The summed E-state index contributed by atoms with van der Waals surface area (Å²) in [5, 5.41) is 18.7. The maximum Gasteiger partial charge on any atom is 0.114 e. The predicted octanol–water partition coefficient (Wildman–Crippen LogP) is -0.273. The Morgan fingerprint density at radius 1 is 1.82 bits per heavy atom. The van der Waals surface area contributed by atoms with E-state index in [1.165, 1.54) is 0 Å². The van der Waals surface area contributed by atoms with Gasteiger partial charge in [0.25, 0.3) is 0 Å². The highest BCUT2D eigenvalue weighted by Crippen LogP contribution is 2.44. The SMILES string of the molecule is B[C@@H]1C(=C)[C@H](CO)C[C@@]1(C)O. The van der Waals surface area contributed by atoms with E-state index in [0.29, 0.717) is 6.42 Å². The molecular formula is C8H15BO2. The first kappa shape index (κ1) is 8.82. The second-order valence-corrected chi connectivity index (χ2v) is 3.74. The fourth-order valence-electron chi connectivity index (χ4n) is 1.74. The molecule has 3 atom stereocenters. The van der Waals surface area contributed by atoms with Crippen LogP contribution < -0.4 is 0 Å². The van der Waals surface area contributed by atoms with Crippen LogP contribution in [-0.4, -0.2) is 30.3 Å². The average Bonchev–Trinajstić information content (AvgIpc) is 2.13. The Labute approximate surface area is 68.3 Å². The molecule has 0 radical (unpaired) electrons. The molecule has 11 heavy (non-hydrogen) atoms. The van der Waals surface area contributed by atoms with Gasteiger partial charge in [-0.3, -0.25) is 0 Å². The first-order chi connectivity index (χ1) is 4.99. The Hall–Kier alpha value is -0.275. The van der Waals surface area contributed by atoms with Gasteiger partial charge in [0.1, 0.15) is 7.85 Å². The molecule has 3 heteroatoms. The summed E-state index contributed by atoms with van der Waals surface area (Å²) >= 11 is 0. The Bertz CT molecular complexity index is 177. The van der Waals surface area contributed by atoms with Gasteiger partial charge in [0, 0.05) is 12.5 Å². The van der Waals surface area contributed by atoms with Crippen molar-refractivity contribution in [2.45, 2.75) is 24.8 Å². The summed E-state index contributed by atoms with van der Waals surface area (Å²) < 4.78 is 0. The zero-order valence-electron chi connectivity index (χ0n) is 7.17. The van der Waals surface area contributed by atoms with E-state index >= 15 is 0 Å². The Morgan fingerprint density at radius 2 is 2.36 bits per heavy atom. The van der Waals surface area contributed by atoms with Crippen LogP contribution in [-0.2, 0) is 0 Å². The van der Waals surface area contributed by atoms with Crippen LogP contribution in [0.4, 0.5) is 0 Å². The molecular weight excluding hydrogens is 139 g/mol. The Morgan fingerprint density at radius 3 is 2.55 bits per heavy atom. The number of hydrogen-bond donors (Lipinski definition) is 2. The van der Waals surface area contributed by atoms with Crippen molar-refractivity contribution in [3.63, 3.8) is 0 Å². The number of aliphatic hydroxyl groups excluding tert-OH is 1. The van der Waals surface area contributed by atoms with Gasteiger partial charge < -0.3 is 10.2 Å². The van der Waals surface area contributed by atoms with Crippen molar-refractivity contribution in [2.24, 2.45) is 5.92 Å². The molecule has 1 aliphatic carbocycles. The third kappa shape index (κ3) is 1.35. The average molecular weight is 154 g/mol. The van der Waals surface area contributed by atoms with Crippen molar-refractivity contribution in [1.29, 1.82) is 0 Å². The Kier molecular flexibility index (Phi) is 2.12. The molecule has 0 aromatic rings. The fraction of sp³-hybridized carbons (Fsp3) is 0.750. The molecule has 1 aliphatic rings. The van der Waals surface area contributed by atoms with Gasteiger partial charge in [-0.25, -0.2) is 0 Å². The van der Waals surface area contributed by atoms with Gasteiger partial charge in [0.05, 0.1) is 5.60 Å². The quantitative estimate of drug-likeness (QED) is 0.403. The van der Waals surface area contributed by atoms with Crippen LogP contribution in [0.2, 0.25) is 5.82 Å². The molecule has 2 N–H and O–H groups in total. The predicted molar refractivity (Wildman–Crippen MR) is 47.3 cm³/mol. The molecule has 2 nitrogen and oxygen atoms in total. The number of hydrogen-bond acceptors (Lipinski definition) is 2. The molecule has 0 spiro atoms. The van der Waals surface area contributed by atoms with Crippen molar-refractivity contribution < 1.29 is 10.2 Å². The van der Waals surface area contributed by atoms with Crippen molar-refractivity contribution in [2.75, 3.05) is 6.61 Å². The van der Waals surface area contributed by atoms with E-state index < -0.39 is 5.60 Å². The summed E-state index contributed by atoms with van der Waals surface area (Å²) in [6.45, 7) is 5.78. The second-order valence-electron chi connectivity index (χ2n) is 3.74. The smallest absolute Gasteiger partial charge is 0.114 e. The summed E-state index contributed by atoms with van der Waals surface area (Å²) in [5.41, 5.74) is 0.322. The highest BCUT2D eigenvalue weighted by Gasteiger charge is 2.41. The summed E-state index contributed by atoms with van der Waals surface area (Å²) in [5.74, 6) is 0.208. The van der Waals surface area contributed by atoms with Gasteiger partial charge in [-0.05, 0) is 19.2 Å². The molecule has 0 aromatic heterocycles. The lowest BCUT2D eigenvalue weighted by molar-refractivity contribution is 0.0606. The topological polar surface area (TPSA) is 40.5 Å². The first-order valence-electron chi connectivity index (χ1n) is 4.01. The van der Waals surface area contributed by atoms with Crippen LogP contribution in [0.15, 0.2) is 12.2 Å². The number of aliphatic hydroxyl groups is 2. The van der Waals surface area contributed by atoms with E-state index in [1.54, 1.807) is 6.92 Å². The van der Waals surface area contributed by atoms with Crippen molar-refractivity contribution in [3.05, 3.63) is 12.2 Å². The van der Waals surface area contributed by atoms with Gasteiger partial charge >= 0.3 is 0 Å². The second kappa shape index (κ2) is 2.65. The lowest BCUT2D eigenvalue weighted by Gasteiger charge is -2.21. The molecule has 0 aliphatic heterocycles. The summed E-state index contributed by atoms with van der Waals surface area (Å²) in [6, 6.07) is 0. The summed E-state index contributed by atoms with van der Waals surface area (Å²) in [6.07, 6.45) is 0.642. The minimum absolute atomic E-state index is 0.0972. The van der Waals surface area contributed by atoms with E-state index in [0.717, 1.165) is 5.57 Å². The van der Waals surface area contributed by atoms with Gasteiger partial charge in [0.2, 0.25) is 0 Å². The maximum absolute atomic E-state index is 9.76. The molecule has 0 aromatic carbocycles. The molecule has 1 fully saturated rings. The zero-order chi connectivity index (χ0) is 8.65.